The average Bonchev–Trinajstić information content (AvgIpc) is 2.76. The predicted molar refractivity (Wildman–Crippen MR) is 68.7 cm³/mol. The minimum absolute atomic E-state index is 0.142. The third kappa shape index (κ3) is 2.80. The second-order valence-corrected chi connectivity index (χ2v) is 6.14. The fraction of sp³-hybridized carbons (Fsp3) is 0.231. The maximum Gasteiger partial charge on any atom is 0.185 e. The van der Waals surface area contributed by atoms with Crippen LogP contribution in [0.1, 0.15) is 17.1 Å². The summed E-state index contributed by atoms with van der Waals surface area (Å²) in [6, 6.07) is 10.2. The topological polar surface area (TPSA) is 73.3 Å². The molecule has 0 aliphatic rings. The number of benzene rings is 1. The van der Waals surface area contributed by atoms with E-state index in [1.54, 1.807) is 30.3 Å². The lowest BCUT2D eigenvalue weighted by atomic mass is 10.2. The molecular formula is C13H15NO3S. The molecule has 0 saturated carbocycles. The van der Waals surface area contributed by atoms with E-state index in [0.717, 1.165) is 5.56 Å². The molecule has 1 aromatic carbocycles. The molecular weight excluding hydrogens is 250 g/mol. The summed E-state index contributed by atoms with van der Waals surface area (Å²) >= 11 is 0. The monoisotopic (exact) mass is 265 g/mol. The molecule has 0 aliphatic heterocycles. The number of hydrogen-bond donors (Lipinski definition) is 1. The normalized spacial score (nSPS) is 11.7. The van der Waals surface area contributed by atoms with Crippen LogP contribution < -0.4 is 5.73 Å². The van der Waals surface area contributed by atoms with Crippen LogP contribution in [-0.2, 0) is 22.1 Å². The van der Waals surface area contributed by atoms with Gasteiger partial charge in [0.05, 0.1) is 11.4 Å². The van der Waals surface area contributed by atoms with E-state index in [4.69, 9.17) is 10.2 Å². The highest BCUT2D eigenvalue weighted by molar-refractivity contribution is 7.90. The van der Waals surface area contributed by atoms with Crippen molar-refractivity contribution >= 4 is 9.84 Å². The third-order valence-electron chi connectivity index (χ3n) is 2.60. The molecule has 0 unspecified atom stereocenters. The maximum absolute atomic E-state index is 12.2. The molecule has 96 valence electrons. The van der Waals surface area contributed by atoms with Crippen LogP contribution in [-0.4, -0.2) is 8.42 Å². The van der Waals surface area contributed by atoms with Gasteiger partial charge in [0.2, 0.25) is 0 Å². The van der Waals surface area contributed by atoms with Gasteiger partial charge in [0, 0.05) is 0 Å². The average molecular weight is 265 g/mol. The largest absolute Gasteiger partial charge is 0.464 e. The molecule has 4 nitrogen and oxygen atoms in total. The van der Waals surface area contributed by atoms with Crippen molar-refractivity contribution in [2.75, 3.05) is 0 Å². The zero-order chi connectivity index (χ0) is 13.2. The molecule has 0 bridgehead atoms. The van der Waals surface area contributed by atoms with Crippen molar-refractivity contribution in [2.45, 2.75) is 24.1 Å². The van der Waals surface area contributed by atoms with Crippen molar-refractivity contribution in [2.24, 2.45) is 5.73 Å². The highest BCUT2D eigenvalue weighted by Crippen LogP contribution is 2.18. The molecule has 2 rings (SSSR count). The number of nitrogens with two attached hydrogens (primary N) is 1. The van der Waals surface area contributed by atoms with Gasteiger partial charge in [-0.15, -0.1) is 0 Å². The van der Waals surface area contributed by atoms with Gasteiger partial charge in [0.1, 0.15) is 17.3 Å². The standard InChI is InChI=1S/C13H15NO3S/c1-10-3-2-4-13(7-10)18(15,16)9-12-6-5-11(8-14)17-12/h2-7H,8-9,14H2,1H3. The van der Waals surface area contributed by atoms with Crippen molar-refractivity contribution in [1.82, 2.24) is 0 Å². The Morgan fingerprint density at radius 2 is 1.89 bits per heavy atom. The molecule has 0 spiro atoms. The highest BCUT2D eigenvalue weighted by Gasteiger charge is 2.17. The summed E-state index contributed by atoms with van der Waals surface area (Å²) in [6.45, 7) is 2.13. The van der Waals surface area contributed by atoms with Crippen LogP contribution in [0.3, 0.4) is 0 Å². The van der Waals surface area contributed by atoms with E-state index in [-0.39, 0.29) is 12.3 Å². The van der Waals surface area contributed by atoms with Gasteiger partial charge in [-0.1, -0.05) is 12.1 Å². The van der Waals surface area contributed by atoms with E-state index in [9.17, 15) is 8.42 Å². The van der Waals surface area contributed by atoms with Crippen LogP contribution in [0.4, 0.5) is 0 Å². The minimum atomic E-state index is -3.37. The predicted octanol–water partition coefficient (Wildman–Crippen LogP) is 2.02. The van der Waals surface area contributed by atoms with Gasteiger partial charge in [0.25, 0.3) is 0 Å². The SMILES string of the molecule is Cc1cccc(S(=O)(=O)Cc2ccc(CN)o2)c1. The van der Waals surface area contributed by atoms with Gasteiger partial charge >= 0.3 is 0 Å². The van der Waals surface area contributed by atoms with Gasteiger partial charge in [0.15, 0.2) is 9.84 Å². The Kier molecular flexibility index (Phi) is 3.54. The van der Waals surface area contributed by atoms with E-state index in [1.807, 2.05) is 13.0 Å². The van der Waals surface area contributed by atoms with Crippen molar-refractivity contribution < 1.29 is 12.8 Å². The Morgan fingerprint density at radius 3 is 2.50 bits per heavy atom. The van der Waals surface area contributed by atoms with Gasteiger partial charge in [-0.2, -0.15) is 0 Å². The molecule has 0 amide bonds. The lowest BCUT2D eigenvalue weighted by molar-refractivity contribution is 0.477. The Bertz CT molecular complexity index is 644. The second-order valence-electron chi connectivity index (χ2n) is 4.15. The van der Waals surface area contributed by atoms with Crippen molar-refractivity contribution in [3.8, 4) is 0 Å². The Morgan fingerprint density at radius 1 is 1.17 bits per heavy atom. The van der Waals surface area contributed by atoms with Gasteiger partial charge in [-0.05, 0) is 36.8 Å². The Balaban J connectivity index is 2.27. The molecule has 2 N–H and O–H groups in total. The van der Waals surface area contributed by atoms with Crippen molar-refractivity contribution in [3.05, 3.63) is 53.5 Å². The minimum Gasteiger partial charge on any atom is -0.464 e. The molecule has 0 fully saturated rings. The number of sulfone groups is 1. The fourth-order valence-electron chi connectivity index (χ4n) is 1.69. The lowest BCUT2D eigenvalue weighted by Crippen LogP contribution is -2.04. The first-order valence-corrected chi connectivity index (χ1v) is 7.23. The Hall–Kier alpha value is -1.59. The lowest BCUT2D eigenvalue weighted by Gasteiger charge is -2.03. The highest BCUT2D eigenvalue weighted by atomic mass is 32.2. The molecule has 1 aromatic heterocycles. The van der Waals surface area contributed by atoms with Gasteiger partial charge in [-0.3, -0.25) is 0 Å². The Labute approximate surface area is 106 Å². The van der Waals surface area contributed by atoms with E-state index < -0.39 is 9.84 Å². The molecule has 0 atom stereocenters. The first kappa shape index (κ1) is 12.9. The number of aryl methyl sites for hydroxylation is 1. The molecule has 0 aliphatic carbocycles. The zero-order valence-corrected chi connectivity index (χ0v) is 10.9. The van der Waals surface area contributed by atoms with Gasteiger partial charge in [-0.25, -0.2) is 8.42 Å². The van der Waals surface area contributed by atoms with Crippen LogP contribution in [0.15, 0.2) is 45.7 Å². The van der Waals surface area contributed by atoms with Crippen LogP contribution in [0.5, 0.6) is 0 Å². The van der Waals surface area contributed by atoms with E-state index in [2.05, 4.69) is 0 Å². The molecule has 5 heteroatoms. The smallest absolute Gasteiger partial charge is 0.185 e. The zero-order valence-electron chi connectivity index (χ0n) is 10.1. The van der Waals surface area contributed by atoms with Crippen LogP contribution >= 0.6 is 0 Å². The maximum atomic E-state index is 12.2. The summed E-state index contributed by atoms with van der Waals surface area (Å²) < 4.78 is 29.6. The third-order valence-corrected chi connectivity index (χ3v) is 4.24. The quantitative estimate of drug-likeness (QED) is 0.917. The summed E-state index contributed by atoms with van der Waals surface area (Å²) in [5.74, 6) is 0.859. The first-order valence-electron chi connectivity index (χ1n) is 5.58. The molecule has 1 heterocycles. The van der Waals surface area contributed by atoms with E-state index >= 15 is 0 Å². The summed E-state index contributed by atoms with van der Waals surface area (Å²) in [5.41, 5.74) is 6.33. The summed E-state index contributed by atoms with van der Waals surface area (Å²) in [7, 11) is -3.37. The summed E-state index contributed by atoms with van der Waals surface area (Å²) in [6.07, 6.45) is 0. The van der Waals surface area contributed by atoms with Crippen molar-refractivity contribution in [3.63, 3.8) is 0 Å². The van der Waals surface area contributed by atoms with Crippen LogP contribution in [0.2, 0.25) is 0 Å². The van der Waals surface area contributed by atoms with E-state index in [1.165, 1.54) is 0 Å². The first-order chi connectivity index (χ1) is 8.51. The summed E-state index contributed by atoms with van der Waals surface area (Å²) in [4.78, 5) is 0.313. The number of rotatable bonds is 4. The van der Waals surface area contributed by atoms with Crippen LogP contribution in [0.25, 0.3) is 0 Å². The molecule has 2 aromatic rings. The molecule has 0 radical (unpaired) electrons. The molecule has 18 heavy (non-hydrogen) atoms. The van der Waals surface area contributed by atoms with Crippen LogP contribution in [0, 0.1) is 6.92 Å². The van der Waals surface area contributed by atoms with Gasteiger partial charge < -0.3 is 10.2 Å². The number of hydrogen-bond acceptors (Lipinski definition) is 4. The molecule has 0 saturated heterocycles. The summed E-state index contributed by atoms with van der Waals surface area (Å²) in [5, 5.41) is 0. The van der Waals surface area contributed by atoms with Crippen molar-refractivity contribution in [1.29, 1.82) is 0 Å². The fourth-order valence-corrected chi connectivity index (χ4v) is 3.04. The van der Waals surface area contributed by atoms with E-state index in [0.29, 0.717) is 16.4 Å². The second kappa shape index (κ2) is 4.96. The number of furan rings is 1.